The van der Waals surface area contributed by atoms with E-state index in [1.54, 1.807) is 0 Å². The molecule has 1 atom stereocenters. The third kappa shape index (κ3) is 4.58. The van der Waals surface area contributed by atoms with Gasteiger partial charge in [0.25, 0.3) is 3.93 Å². The average molecular weight is 511 g/mol. The van der Waals surface area contributed by atoms with Crippen LogP contribution in [-0.4, -0.2) is 18.6 Å². The topological polar surface area (TPSA) is 0 Å². The van der Waals surface area contributed by atoms with Crippen molar-refractivity contribution >= 4 is 61.1 Å². The van der Waals surface area contributed by atoms with E-state index in [0.29, 0.717) is 22.6 Å². The Morgan fingerprint density at radius 2 is 1.43 bits per heavy atom. The normalized spacial score (nSPS) is 16.9. The van der Waals surface area contributed by atoms with Crippen molar-refractivity contribution in [3.05, 3.63) is 0 Å². The van der Waals surface area contributed by atoms with Crippen molar-refractivity contribution in [1.29, 1.82) is 0 Å². The maximum Gasteiger partial charge on any atom is 0.364 e. The van der Waals surface area contributed by atoms with Crippen LogP contribution in [0.1, 0.15) is 6.42 Å². The Hall–Kier alpha value is 1.52. The van der Waals surface area contributed by atoms with Gasteiger partial charge in [-0.2, -0.15) is 26.3 Å². The maximum atomic E-state index is 12.7. The smallest absolute Gasteiger partial charge is 0.198 e. The summed E-state index contributed by atoms with van der Waals surface area (Å²) in [5, 5.41) is 0. The van der Waals surface area contributed by atoms with Crippen molar-refractivity contribution in [2.45, 2.75) is 25.0 Å². The number of rotatable bonds is 4. The lowest BCUT2D eigenvalue weighted by Crippen LogP contribution is -2.44. The molecule has 0 amide bonds. The number of hydrogen-bond acceptors (Lipinski definition) is 0. The van der Waals surface area contributed by atoms with Crippen LogP contribution in [0, 0.1) is 0 Å². The van der Waals surface area contributed by atoms with E-state index < -0.39 is 25.0 Å². The van der Waals surface area contributed by atoms with Gasteiger partial charge in [0, 0.05) is 6.42 Å². The zero-order chi connectivity index (χ0) is 11.8. The molecule has 0 nitrogen and oxygen atoms in total. The van der Waals surface area contributed by atoms with Crippen LogP contribution in [0.4, 0.5) is 26.3 Å². The SMILES string of the molecule is FC(F)(I)CC(I)C(F)(F)C(F)(F)Br. The van der Waals surface area contributed by atoms with E-state index in [-0.39, 0.29) is 0 Å². The highest BCUT2D eigenvalue weighted by molar-refractivity contribution is 14.1. The molecule has 0 heterocycles. The Labute approximate surface area is 112 Å². The molecule has 0 aliphatic heterocycles. The average Bonchev–Trinajstić information content (AvgIpc) is 1.80. The summed E-state index contributed by atoms with van der Waals surface area (Å²) in [6.07, 6.45) is -1.32. The van der Waals surface area contributed by atoms with E-state index in [4.69, 9.17) is 0 Å². The molecule has 0 saturated carbocycles. The first-order chi connectivity index (χ1) is 5.88. The first kappa shape index (κ1) is 15.5. The van der Waals surface area contributed by atoms with Gasteiger partial charge in [-0.1, -0.05) is 22.6 Å². The van der Waals surface area contributed by atoms with Crippen LogP contribution in [0.3, 0.4) is 0 Å². The molecule has 0 aliphatic carbocycles. The van der Waals surface area contributed by atoms with E-state index in [9.17, 15) is 26.3 Å². The van der Waals surface area contributed by atoms with Crippen LogP contribution in [0.25, 0.3) is 0 Å². The van der Waals surface area contributed by atoms with Crippen LogP contribution < -0.4 is 0 Å². The first-order valence-electron chi connectivity index (χ1n) is 3.03. The van der Waals surface area contributed by atoms with Gasteiger partial charge in [-0.15, -0.1) is 0 Å². The van der Waals surface area contributed by atoms with E-state index in [0.717, 1.165) is 22.6 Å². The predicted molar refractivity (Wildman–Crippen MR) is 60.2 cm³/mol. The van der Waals surface area contributed by atoms with Crippen molar-refractivity contribution in [2.75, 3.05) is 0 Å². The fourth-order valence-corrected chi connectivity index (χ4v) is 3.44. The Bertz CT molecular complexity index is 197. The van der Waals surface area contributed by atoms with Gasteiger partial charge >= 0.3 is 10.8 Å². The number of hydrogen-bond donors (Lipinski definition) is 0. The number of alkyl halides is 9. The first-order valence-corrected chi connectivity index (χ1v) is 6.15. The molecule has 0 aromatic carbocycles. The standard InChI is InChI=1S/C5H3BrF6I2/c6-5(11,12)4(9,10)2(13)1-3(7,8)14/h2H,1H2. The van der Waals surface area contributed by atoms with E-state index in [1.807, 2.05) is 0 Å². The van der Waals surface area contributed by atoms with Crippen LogP contribution in [-0.2, 0) is 0 Å². The number of halogens is 9. The second-order valence-electron chi connectivity index (χ2n) is 2.41. The second kappa shape index (κ2) is 4.80. The molecule has 0 aromatic heterocycles. The molecule has 0 N–H and O–H groups in total. The Balaban J connectivity index is 4.61. The summed E-state index contributed by atoms with van der Waals surface area (Å²) >= 11 is 2.99. The minimum Gasteiger partial charge on any atom is -0.198 e. The Kier molecular flexibility index (Phi) is 5.32. The van der Waals surface area contributed by atoms with Gasteiger partial charge in [0.15, 0.2) is 0 Å². The van der Waals surface area contributed by atoms with Gasteiger partial charge in [-0.25, -0.2) is 0 Å². The summed E-state index contributed by atoms with van der Waals surface area (Å²) in [6.45, 7) is 0. The highest BCUT2D eigenvalue weighted by atomic mass is 127. The summed E-state index contributed by atoms with van der Waals surface area (Å²) < 4.78 is 68.9. The molecule has 0 fully saturated rings. The summed E-state index contributed by atoms with van der Waals surface area (Å²) in [7, 11) is 0. The zero-order valence-electron chi connectivity index (χ0n) is 6.19. The summed E-state index contributed by atoms with van der Waals surface area (Å²) in [5.41, 5.74) is 0. The molecule has 0 spiro atoms. The maximum absolute atomic E-state index is 12.7. The summed E-state index contributed by atoms with van der Waals surface area (Å²) in [5.74, 6) is -4.51. The summed E-state index contributed by atoms with van der Waals surface area (Å²) in [4.78, 5) is -4.48. The van der Waals surface area contributed by atoms with Crippen LogP contribution in [0.5, 0.6) is 0 Å². The van der Waals surface area contributed by atoms with Crippen LogP contribution >= 0.6 is 61.1 Å². The molecule has 0 saturated heterocycles. The van der Waals surface area contributed by atoms with Crippen LogP contribution in [0.2, 0.25) is 0 Å². The minimum absolute atomic E-state index is 0.628. The third-order valence-corrected chi connectivity index (χ3v) is 3.37. The van der Waals surface area contributed by atoms with Gasteiger partial charge in [0.2, 0.25) is 0 Å². The molecule has 0 rings (SSSR count). The Morgan fingerprint density at radius 3 is 1.64 bits per heavy atom. The van der Waals surface area contributed by atoms with Gasteiger partial charge < -0.3 is 0 Å². The third-order valence-electron chi connectivity index (χ3n) is 1.18. The monoisotopic (exact) mass is 510 g/mol. The zero-order valence-corrected chi connectivity index (χ0v) is 12.1. The molecule has 1 unspecified atom stereocenters. The molecule has 0 aliphatic rings. The van der Waals surface area contributed by atoms with Crippen molar-refractivity contribution in [3.63, 3.8) is 0 Å². The van der Waals surface area contributed by atoms with Crippen molar-refractivity contribution < 1.29 is 26.3 Å². The van der Waals surface area contributed by atoms with Gasteiger partial charge in [-0.05, 0) is 38.5 Å². The van der Waals surface area contributed by atoms with Crippen molar-refractivity contribution in [3.8, 4) is 0 Å². The highest BCUT2D eigenvalue weighted by Gasteiger charge is 2.60. The van der Waals surface area contributed by atoms with Crippen molar-refractivity contribution in [2.24, 2.45) is 0 Å². The van der Waals surface area contributed by atoms with Gasteiger partial charge in [0.1, 0.15) is 0 Å². The second-order valence-corrected chi connectivity index (χ2v) is 6.49. The predicted octanol–water partition coefficient (Wildman–Crippen LogP) is 4.83. The molecule has 86 valence electrons. The molecular formula is C5H3BrF6I2. The molecule has 0 bridgehead atoms. The molecule has 0 aromatic rings. The highest BCUT2D eigenvalue weighted by Crippen LogP contribution is 2.47. The van der Waals surface area contributed by atoms with E-state index in [2.05, 4.69) is 0 Å². The lowest BCUT2D eigenvalue weighted by molar-refractivity contribution is -0.148. The lowest BCUT2D eigenvalue weighted by atomic mass is 10.2. The van der Waals surface area contributed by atoms with E-state index in [1.165, 1.54) is 15.9 Å². The molecule has 9 heteroatoms. The fraction of sp³-hybridized carbons (Fsp3) is 1.00. The lowest BCUT2D eigenvalue weighted by Gasteiger charge is -2.27. The van der Waals surface area contributed by atoms with Crippen LogP contribution in [0.15, 0.2) is 0 Å². The quantitative estimate of drug-likeness (QED) is 0.289. The van der Waals surface area contributed by atoms with Gasteiger partial charge in [-0.3, -0.25) is 0 Å². The molecule has 14 heavy (non-hydrogen) atoms. The summed E-state index contributed by atoms with van der Waals surface area (Å²) in [6, 6.07) is 0. The van der Waals surface area contributed by atoms with Crippen molar-refractivity contribution in [1.82, 2.24) is 0 Å². The Morgan fingerprint density at radius 1 is 1.07 bits per heavy atom. The molecule has 0 radical (unpaired) electrons. The van der Waals surface area contributed by atoms with Gasteiger partial charge in [0.05, 0.1) is 3.92 Å². The largest absolute Gasteiger partial charge is 0.364 e. The fourth-order valence-electron chi connectivity index (χ4n) is 0.509. The minimum atomic E-state index is -4.51. The molecular weight excluding hydrogens is 508 g/mol. The van der Waals surface area contributed by atoms with E-state index >= 15 is 0 Å².